The Morgan fingerprint density at radius 1 is 1.47 bits per heavy atom. The Hall–Kier alpha value is -1.08. The number of rotatable bonds is 6. The van der Waals surface area contributed by atoms with E-state index in [-0.39, 0.29) is 5.91 Å². The summed E-state index contributed by atoms with van der Waals surface area (Å²) in [5.41, 5.74) is 0.389. The number of methoxy groups -OCH3 is 1. The number of amides is 1. The number of nitrogens with one attached hydrogen (secondary N) is 1. The number of esters is 1. The van der Waals surface area contributed by atoms with Gasteiger partial charge in [0.15, 0.2) is 0 Å². The Balaban J connectivity index is 2.75. The second kappa shape index (κ2) is 7.49. The summed E-state index contributed by atoms with van der Waals surface area (Å²) in [5, 5.41) is 3.52. The van der Waals surface area contributed by atoms with Crippen molar-refractivity contribution >= 4 is 35.0 Å². The minimum absolute atomic E-state index is 0.321. The number of aryl methyl sites for hydroxylation is 2. The molecule has 0 radical (unpaired) electrons. The van der Waals surface area contributed by atoms with Crippen molar-refractivity contribution in [3.05, 3.63) is 15.6 Å². The van der Waals surface area contributed by atoms with Crippen molar-refractivity contribution in [2.45, 2.75) is 26.3 Å². The molecule has 0 aliphatic carbocycles. The lowest BCUT2D eigenvalue weighted by atomic mass is 10.2. The lowest BCUT2D eigenvalue weighted by Crippen LogP contribution is -2.42. The third kappa shape index (κ3) is 4.50. The number of thiazole rings is 1. The molecule has 0 aliphatic heterocycles. The normalized spacial score (nSPS) is 12.0. The lowest BCUT2D eigenvalue weighted by molar-refractivity contribution is -0.142. The maximum Gasteiger partial charge on any atom is 0.328 e. The first-order valence-corrected chi connectivity index (χ1v) is 8.02. The Bertz CT molecular complexity index is 460. The second-order valence-corrected chi connectivity index (χ2v) is 6.36. The molecule has 1 amide bonds. The van der Waals surface area contributed by atoms with Crippen LogP contribution in [-0.4, -0.2) is 42.0 Å². The smallest absolute Gasteiger partial charge is 0.328 e. The number of thioether (sulfide) groups is 1. The molecule has 0 bridgehead atoms. The summed E-state index contributed by atoms with van der Waals surface area (Å²) in [6, 6.07) is -0.619. The van der Waals surface area contributed by atoms with Crippen LogP contribution in [0, 0.1) is 13.8 Å². The van der Waals surface area contributed by atoms with Crippen molar-refractivity contribution in [3.63, 3.8) is 0 Å². The molecule has 1 rings (SSSR count). The van der Waals surface area contributed by atoms with Gasteiger partial charge in [0.25, 0.3) is 5.91 Å². The van der Waals surface area contributed by atoms with Crippen molar-refractivity contribution in [2.24, 2.45) is 0 Å². The van der Waals surface area contributed by atoms with Gasteiger partial charge in [-0.05, 0) is 32.3 Å². The zero-order valence-corrected chi connectivity index (χ0v) is 13.1. The van der Waals surface area contributed by atoms with E-state index in [0.717, 1.165) is 15.6 Å². The van der Waals surface area contributed by atoms with Gasteiger partial charge in [-0.15, -0.1) is 11.3 Å². The van der Waals surface area contributed by atoms with E-state index >= 15 is 0 Å². The third-order valence-corrected chi connectivity index (χ3v) is 4.05. The van der Waals surface area contributed by atoms with E-state index in [0.29, 0.717) is 12.1 Å². The standard InChI is InChI=1S/C12H18N2O3S2/c1-7-10(13-8(2)19-7)11(15)14-9(5-6-18-4)12(16)17-3/h9H,5-6H2,1-4H3,(H,14,15)/t9-/m0/s1. The third-order valence-electron chi connectivity index (χ3n) is 2.52. The maximum absolute atomic E-state index is 12.1. The summed E-state index contributed by atoms with van der Waals surface area (Å²) < 4.78 is 4.70. The van der Waals surface area contributed by atoms with Crippen LogP contribution in [0.3, 0.4) is 0 Å². The number of hydrogen-bond donors (Lipinski definition) is 1. The van der Waals surface area contributed by atoms with Crippen LogP contribution in [0.2, 0.25) is 0 Å². The molecule has 7 heteroatoms. The van der Waals surface area contributed by atoms with Gasteiger partial charge in [0.1, 0.15) is 11.7 Å². The molecule has 0 fully saturated rings. The average molecular weight is 302 g/mol. The first kappa shape index (κ1) is 16.0. The van der Waals surface area contributed by atoms with E-state index in [4.69, 9.17) is 4.74 Å². The van der Waals surface area contributed by atoms with E-state index in [1.807, 2.05) is 20.1 Å². The van der Waals surface area contributed by atoms with E-state index in [1.165, 1.54) is 18.4 Å². The second-order valence-electron chi connectivity index (χ2n) is 3.97. The summed E-state index contributed by atoms with van der Waals surface area (Å²) in [6.45, 7) is 3.69. The van der Waals surface area contributed by atoms with Crippen molar-refractivity contribution < 1.29 is 14.3 Å². The Morgan fingerprint density at radius 2 is 2.16 bits per heavy atom. The van der Waals surface area contributed by atoms with Gasteiger partial charge in [-0.3, -0.25) is 4.79 Å². The van der Waals surface area contributed by atoms with Gasteiger partial charge in [-0.25, -0.2) is 9.78 Å². The van der Waals surface area contributed by atoms with E-state index < -0.39 is 12.0 Å². The molecule has 1 heterocycles. The number of hydrogen-bond acceptors (Lipinski definition) is 6. The van der Waals surface area contributed by atoms with Gasteiger partial charge < -0.3 is 10.1 Å². The number of aromatic nitrogens is 1. The molecule has 1 N–H and O–H groups in total. The van der Waals surface area contributed by atoms with Gasteiger partial charge in [0.05, 0.1) is 12.1 Å². The molecule has 0 aliphatic rings. The molecule has 0 spiro atoms. The molecule has 5 nitrogen and oxygen atoms in total. The Kier molecular flexibility index (Phi) is 6.30. The predicted octanol–water partition coefficient (Wildman–Crippen LogP) is 1.78. The van der Waals surface area contributed by atoms with Gasteiger partial charge >= 0.3 is 5.97 Å². The minimum atomic E-state index is -0.619. The summed E-state index contributed by atoms with van der Waals surface area (Å²) >= 11 is 3.08. The van der Waals surface area contributed by atoms with Crippen molar-refractivity contribution in [3.8, 4) is 0 Å². The predicted molar refractivity (Wildman–Crippen MR) is 77.9 cm³/mol. The van der Waals surface area contributed by atoms with Gasteiger partial charge in [0.2, 0.25) is 0 Å². The van der Waals surface area contributed by atoms with E-state index in [1.54, 1.807) is 11.8 Å². The highest BCUT2D eigenvalue weighted by molar-refractivity contribution is 7.98. The quantitative estimate of drug-likeness (QED) is 0.811. The van der Waals surface area contributed by atoms with Gasteiger partial charge in [-0.2, -0.15) is 11.8 Å². The van der Waals surface area contributed by atoms with Crippen LogP contribution >= 0.6 is 23.1 Å². The zero-order chi connectivity index (χ0) is 14.4. The van der Waals surface area contributed by atoms with Crippen LogP contribution < -0.4 is 5.32 Å². The van der Waals surface area contributed by atoms with Crippen LogP contribution in [0.4, 0.5) is 0 Å². The first-order valence-electron chi connectivity index (χ1n) is 5.81. The molecule has 0 saturated heterocycles. The molecule has 0 aromatic carbocycles. The van der Waals surface area contributed by atoms with Crippen LogP contribution in [-0.2, 0) is 9.53 Å². The number of carbonyl (C=O) groups is 2. The molecule has 1 atom stereocenters. The van der Waals surface area contributed by atoms with Gasteiger partial charge in [0, 0.05) is 4.88 Å². The summed E-state index contributed by atoms with van der Waals surface area (Å²) in [6.07, 6.45) is 2.49. The number of nitrogens with zero attached hydrogens (tertiary/aromatic N) is 1. The number of carbonyl (C=O) groups excluding carboxylic acids is 2. The fourth-order valence-electron chi connectivity index (χ4n) is 1.59. The van der Waals surface area contributed by atoms with Crippen LogP contribution in [0.25, 0.3) is 0 Å². The SMILES string of the molecule is COC(=O)[C@H](CCSC)NC(=O)c1nc(C)sc1C. The Morgan fingerprint density at radius 3 is 2.63 bits per heavy atom. The topological polar surface area (TPSA) is 68.3 Å². The monoisotopic (exact) mass is 302 g/mol. The molecular formula is C12H18N2O3S2. The maximum atomic E-state index is 12.1. The fraction of sp³-hybridized carbons (Fsp3) is 0.583. The molecule has 106 valence electrons. The van der Waals surface area contributed by atoms with Crippen LogP contribution in [0.15, 0.2) is 0 Å². The summed E-state index contributed by atoms with van der Waals surface area (Å²) in [7, 11) is 1.32. The van der Waals surface area contributed by atoms with Gasteiger partial charge in [-0.1, -0.05) is 0 Å². The molecule has 19 heavy (non-hydrogen) atoms. The van der Waals surface area contributed by atoms with E-state index in [2.05, 4.69) is 10.3 Å². The highest BCUT2D eigenvalue weighted by Crippen LogP contribution is 2.16. The van der Waals surface area contributed by atoms with Crippen LogP contribution in [0.1, 0.15) is 26.8 Å². The summed E-state index contributed by atoms with van der Waals surface area (Å²) in [5.74, 6) is 0.0279. The zero-order valence-electron chi connectivity index (χ0n) is 11.5. The van der Waals surface area contributed by atoms with Crippen molar-refractivity contribution in [2.75, 3.05) is 19.1 Å². The van der Waals surface area contributed by atoms with Crippen molar-refractivity contribution in [1.29, 1.82) is 0 Å². The molecule has 1 aromatic rings. The minimum Gasteiger partial charge on any atom is -0.467 e. The van der Waals surface area contributed by atoms with Crippen molar-refractivity contribution in [1.82, 2.24) is 10.3 Å². The molecule has 0 unspecified atom stereocenters. The Labute approximate surface area is 121 Å². The largest absolute Gasteiger partial charge is 0.467 e. The molecular weight excluding hydrogens is 284 g/mol. The number of ether oxygens (including phenoxy) is 1. The molecule has 1 aromatic heterocycles. The lowest BCUT2D eigenvalue weighted by Gasteiger charge is -2.15. The van der Waals surface area contributed by atoms with E-state index in [9.17, 15) is 9.59 Å². The highest BCUT2D eigenvalue weighted by atomic mass is 32.2. The molecule has 0 saturated carbocycles. The average Bonchev–Trinajstić information content (AvgIpc) is 2.72. The highest BCUT2D eigenvalue weighted by Gasteiger charge is 2.23. The van der Waals surface area contributed by atoms with Crippen LogP contribution in [0.5, 0.6) is 0 Å². The fourth-order valence-corrected chi connectivity index (χ4v) is 2.88. The summed E-state index contributed by atoms with van der Waals surface area (Å²) in [4.78, 5) is 28.7. The first-order chi connectivity index (χ1) is 8.99.